The minimum atomic E-state index is -0.922. The SMILES string of the molecule is C1=COCCC1.C=CC(=O)OCCOc1ccc(O)cc1.C=CC(=O)OCCOc1ccc(OC(=O)c2ccc(OCC3(CC)COC3)cc2)cc1.C=CC(=O)OCl.CCC1(CO)COC1.CCC1(COc2ccc(C(=O)O)cc2)COC1.Cc1ccc(C)cc1.OCCBr.OCCOc1ccc(CC2CCCCO2)cc1.Oc1ccc(CC2CCCCO2)cc1.Oc1ccc(O)cc1.[3H][P+](P)=S. The third kappa shape index (κ3) is 55.0. The summed E-state index contributed by atoms with van der Waals surface area (Å²) in [7, 11) is 2.20. The van der Waals surface area contributed by atoms with Crippen molar-refractivity contribution in [3.63, 3.8) is 0 Å². The molecule has 750 valence electrons. The Morgan fingerprint density at radius 2 is 0.825 bits per heavy atom. The van der Waals surface area contributed by atoms with Crippen molar-refractivity contribution in [3.8, 4) is 57.5 Å². The lowest BCUT2D eigenvalue weighted by Crippen LogP contribution is -2.46. The van der Waals surface area contributed by atoms with E-state index in [2.05, 4.69) is 144 Å². The van der Waals surface area contributed by atoms with Gasteiger partial charge in [-0.1, -0.05) is 116 Å². The summed E-state index contributed by atoms with van der Waals surface area (Å²) < 4.78 is 84.2. The summed E-state index contributed by atoms with van der Waals surface area (Å²) >= 11 is 11.8. The number of carboxylic acids is 1. The predicted octanol–water partition coefficient (Wildman–Crippen LogP) is 19.5. The molecule has 0 amide bonds. The second kappa shape index (κ2) is 73.6. The number of aromatic carboxylic acids is 1. The first-order chi connectivity index (χ1) is 66.5. The highest BCUT2D eigenvalue weighted by Gasteiger charge is 2.39. The Kier molecular flexibility index (Phi) is 63.8. The topological polar surface area (TPSA) is 386 Å². The standard InChI is InChI=1S/C24H26O7.C14H20O3.C13H16O4.C12H16O2.C11H12O4.C8H10.C6H12O2.C6H6O2.C5H8O.C3H3ClO2.C2H5BrO.H2P2S/c1-3-22(25)29-14-13-28-19-9-11-21(12-10-19)31-23(26)18-5-7-20(8-6-18)30-17-24(4-2)15-27-16-24;15-8-10-17-13-6-4-12(5-7-13)11-14-3-1-2-9-16-14;1-2-13(7-16-8-13)9-17-11-5-3-10(4-6-11)12(14)15;13-11-6-4-10(5-7-11)9-12-3-1-2-8-14-12;1-2-11(13)15-8-7-14-10-5-3-9(12)4-6-10;1-7-3-5-8(2)6-4-7;1-2-6(3-7)4-8-5-6;7-5-1-2-6(8)4-3-5;1-2-4-6-5-3-1;1-2-3(5)6-4;3-1-2-4;1-2-3/h3,5-12H,1,4,13-17H2,2H3;4-7,14-15H,1-3,8-11H2;3-6H,2,7-9H2,1H3,(H,14,15);4-7,12-13H,1-3,8-9H2;2-6,12H,1,7-8H2;3-6H,1-2H3;7H,2-5H2,1H3;1-4,7-8H;2,4H,1,3,5H2;2H,1H2;4H,1-2H2;1H2/p+1/i/hT. The molecule has 6 aliphatic heterocycles. The van der Waals surface area contributed by atoms with Gasteiger partial charge in [0.05, 0.1) is 129 Å². The van der Waals surface area contributed by atoms with E-state index < -0.39 is 36.8 Å². The Labute approximate surface area is 829 Å². The van der Waals surface area contributed by atoms with E-state index >= 15 is 0 Å². The van der Waals surface area contributed by atoms with Gasteiger partial charge in [-0.05, 0) is 260 Å². The highest BCUT2D eigenvalue weighted by Crippen LogP contribution is 2.35. The summed E-state index contributed by atoms with van der Waals surface area (Å²) in [5.41, 5.74) is 6.27. The quantitative estimate of drug-likeness (QED) is 0.00369. The molecule has 6 heterocycles. The maximum atomic E-state index is 12.4. The van der Waals surface area contributed by atoms with E-state index in [1.165, 1.54) is 110 Å². The zero-order valence-corrected chi connectivity index (χ0v) is 84.1. The third-order valence-electron chi connectivity index (χ3n) is 20.6. The fourth-order valence-corrected chi connectivity index (χ4v) is 11.9. The molecule has 0 aliphatic carbocycles. The van der Waals surface area contributed by atoms with E-state index in [1.807, 2.05) is 30.3 Å². The molecular formula is C104H137BrClO28P2S+. The number of phenols is 4. The molecule has 14 rings (SSSR count). The Hall–Kier alpha value is -10.5. The van der Waals surface area contributed by atoms with Crippen molar-refractivity contribution in [2.75, 3.05) is 131 Å². The number of esters is 3. The molecule has 28 nitrogen and oxygen atoms in total. The van der Waals surface area contributed by atoms with Gasteiger partial charge in [-0.25, -0.2) is 24.0 Å². The van der Waals surface area contributed by atoms with Crippen molar-refractivity contribution in [2.24, 2.45) is 16.2 Å². The van der Waals surface area contributed by atoms with E-state index in [1.54, 1.807) is 103 Å². The Morgan fingerprint density at radius 3 is 1.11 bits per heavy atom. The molecule has 0 aromatic heterocycles. The number of allylic oxidation sites excluding steroid dienone is 1. The largest absolute Gasteiger partial charge is 0.508 e. The number of aryl methyl sites for hydroxylation is 2. The van der Waals surface area contributed by atoms with Crippen LogP contribution >= 0.6 is 43.7 Å². The summed E-state index contributed by atoms with van der Waals surface area (Å²) in [5, 5.41) is 70.1. The number of aliphatic hydroxyl groups is 3. The van der Waals surface area contributed by atoms with Crippen molar-refractivity contribution in [3.05, 3.63) is 278 Å². The van der Waals surface area contributed by atoms with Crippen molar-refractivity contribution in [1.29, 1.82) is 1.28 Å². The lowest BCUT2D eigenvalue weighted by atomic mass is 9.84. The molecule has 6 aliphatic rings. The van der Waals surface area contributed by atoms with Crippen LogP contribution in [0.2, 0.25) is 0 Å². The number of hydrogen-bond donors (Lipinski definition) is 8. The molecule has 137 heavy (non-hydrogen) atoms. The van der Waals surface area contributed by atoms with Gasteiger partial charge in [0.1, 0.15) is 102 Å². The van der Waals surface area contributed by atoms with Gasteiger partial charge in [0, 0.05) is 42.2 Å². The van der Waals surface area contributed by atoms with Crippen LogP contribution in [0.25, 0.3) is 0 Å². The first-order valence-electron chi connectivity index (χ1n) is 45.4. The second-order valence-corrected chi connectivity index (χ2v) is 35.1. The van der Waals surface area contributed by atoms with Crippen LogP contribution in [0, 0.1) is 30.1 Å². The van der Waals surface area contributed by atoms with Gasteiger partial charge in [0.25, 0.3) is 0 Å². The number of carbonyl (C=O) groups excluding carboxylic acids is 4. The molecule has 0 radical (unpaired) electrons. The normalized spacial score (nSPS) is 15.4. The maximum absolute atomic E-state index is 12.4. The van der Waals surface area contributed by atoms with E-state index in [9.17, 15) is 24.0 Å². The smallest absolute Gasteiger partial charge is 0.355 e. The van der Waals surface area contributed by atoms with Gasteiger partial charge in [-0.15, -0.1) is 0 Å². The fourth-order valence-electron chi connectivity index (χ4n) is 11.8. The highest BCUT2D eigenvalue weighted by atomic mass is 79.9. The lowest BCUT2D eigenvalue weighted by molar-refractivity contribution is -0.139. The Balaban J connectivity index is 0.000000407. The highest BCUT2D eigenvalue weighted by molar-refractivity contribution is 9.09. The van der Waals surface area contributed by atoms with Crippen LogP contribution in [-0.2, 0) is 81.2 Å². The van der Waals surface area contributed by atoms with E-state index in [0.717, 1.165) is 116 Å². The lowest BCUT2D eigenvalue weighted by Gasteiger charge is -2.40. The number of phenolic OH excluding ortho intramolecular Hbond substituents is 4. The van der Waals surface area contributed by atoms with Gasteiger partial charge >= 0.3 is 31.1 Å². The average Bonchev–Trinajstić information content (AvgIpc) is 0.828. The Morgan fingerprint density at radius 1 is 0.482 bits per heavy atom. The predicted molar refractivity (Wildman–Crippen MR) is 542 cm³/mol. The van der Waals surface area contributed by atoms with Crippen LogP contribution in [0.3, 0.4) is 0 Å². The molecule has 8 N–H and O–H groups in total. The fraction of sp³-hybridized carbons (Fsp3) is 0.413. The molecule has 5 saturated heterocycles. The van der Waals surface area contributed by atoms with Gasteiger partial charge in [-0.3, -0.25) is 0 Å². The van der Waals surface area contributed by atoms with Gasteiger partial charge < -0.3 is 111 Å². The number of halogens is 2. The minimum Gasteiger partial charge on any atom is -0.508 e. The van der Waals surface area contributed by atoms with Crippen LogP contribution in [-0.4, -0.2) is 215 Å². The van der Waals surface area contributed by atoms with Crippen molar-refractivity contribution in [2.45, 2.75) is 130 Å². The van der Waals surface area contributed by atoms with Crippen LogP contribution in [0.1, 0.15) is 134 Å². The monoisotopic (exact) mass is 2040 g/mol. The zero-order chi connectivity index (χ0) is 101. The number of aliphatic hydroxyl groups excluding tert-OH is 3. The number of hydrogen-bond acceptors (Lipinski definition) is 28. The molecule has 8 aromatic carbocycles. The second-order valence-electron chi connectivity index (χ2n) is 31.4. The van der Waals surface area contributed by atoms with Crippen LogP contribution in [0.4, 0.5) is 0 Å². The molecular weight excluding hydrogens is 1910 g/mol. The zero-order valence-electron chi connectivity index (χ0n) is 79.9. The van der Waals surface area contributed by atoms with Gasteiger partial charge in [0.2, 0.25) is 0 Å². The van der Waals surface area contributed by atoms with Crippen molar-refractivity contribution < 1.29 is 135 Å². The minimum absolute atomic E-state index is 0.0532. The summed E-state index contributed by atoms with van der Waals surface area (Å²) in [6.45, 7) is 29.4. The van der Waals surface area contributed by atoms with E-state index in [0.29, 0.717) is 77.4 Å². The molecule has 5 fully saturated rings. The molecule has 33 heteroatoms. The third-order valence-corrected chi connectivity index (χ3v) is 21.1. The first kappa shape index (κ1) is 119. The summed E-state index contributed by atoms with van der Waals surface area (Å²) in [6, 6.07) is 55.9. The van der Waals surface area contributed by atoms with E-state index in [4.69, 9.17) is 108 Å². The molecule has 0 spiro atoms. The summed E-state index contributed by atoms with van der Waals surface area (Å²) in [5.74, 6) is 1.67. The number of ether oxygens (including phenoxy) is 14. The average molecular weight is 2050 g/mol. The van der Waals surface area contributed by atoms with Crippen molar-refractivity contribution in [1.82, 2.24) is 0 Å². The molecule has 0 bridgehead atoms. The number of carboxylic acid groups (broad SMARTS) is 1. The molecule has 4 unspecified atom stereocenters. The van der Waals surface area contributed by atoms with Crippen LogP contribution in [0.5, 0.6) is 57.5 Å². The molecule has 0 saturated carbocycles. The van der Waals surface area contributed by atoms with Crippen LogP contribution in [0.15, 0.2) is 244 Å². The van der Waals surface area contributed by atoms with E-state index in [-0.39, 0.29) is 85.3 Å². The number of aromatic hydroxyl groups is 4. The van der Waals surface area contributed by atoms with Gasteiger partial charge in [0.15, 0.2) is 18.8 Å². The van der Waals surface area contributed by atoms with Crippen molar-refractivity contribution >= 4 is 85.4 Å². The number of benzene rings is 8. The number of carbonyl (C=O) groups is 5. The number of rotatable bonds is 32. The number of alkyl halides is 1. The first-order valence-corrected chi connectivity index (χ1v) is 49.9. The summed E-state index contributed by atoms with van der Waals surface area (Å²) in [4.78, 5) is 54.3. The molecule has 4 atom stereocenters. The van der Waals surface area contributed by atoms with Crippen LogP contribution < -0.4 is 28.4 Å². The van der Waals surface area contributed by atoms with Gasteiger partial charge in [-0.2, -0.15) is 0 Å². The Bertz CT molecular complexity index is 4550. The summed E-state index contributed by atoms with van der Waals surface area (Å²) in [6.07, 6.45) is 22.5. The molecule has 8 aromatic rings. The maximum Gasteiger partial charge on any atom is 0.355 e.